The molecule has 0 aromatic carbocycles. The second-order valence-corrected chi connectivity index (χ2v) is 9.73. The number of nitrogens with zero attached hydrogens (tertiary/aromatic N) is 1. The second-order valence-electron chi connectivity index (χ2n) is 8.10. The Balaban J connectivity index is 2.09. The molecule has 158 valence electrons. The van der Waals surface area contributed by atoms with Crippen LogP contribution in [-0.2, 0) is 9.53 Å². The number of rotatable bonds is 7. The van der Waals surface area contributed by atoms with E-state index in [0.29, 0.717) is 5.92 Å². The molecule has 2 fully saturated rings. The van der Waals surface area contributed by atoms with E-state index in [1.54, 1.807) is 13.8 Å². The topological polar surface area (TPSA) is 82.0 Å². The van der Waals surface area contributed by atoms with Crippen molar-refractivity contribution in [1.29, 1.82) is 0 Å². The Bertz CT molecular complexity index is 496. The van der Waals surface area contributed by atoms with Gasteiger partial charge in [0.1, 0.15) is 11.5 Å². The van der Waals surface area contributed by atoms with E-state index in [1.165, 1.54) is 11.8 Å². The van der Waals surface area contributed by atoms with Crippen LogP contribution in [0.5, 0.6) is 0 Å². The van der Waals surface area contributed by atoms with Gasteiger partial charge in [-0.05, 0) is 39.0 Å². The molecule has 27 heavy (non-hydrogen) atoms. The molecule has 0 saturated carbocycles. The lowest BCUT2D eigenvalue weighted by Crippen LogP contribution is -2.62. The molecule has 0 bridgehead atoms. The number of likely N-dealkylation sites (N-methyl/N-ethyl adjacent to an activating group) is 1. The van der Waals surface area contributed by atoms with Crippen LogP contribution in [0.15, 0.2) is 0 Å². The third-order valence-corrected chi connectivity index (χ3v) is 7.13. The molecule has 9 unspecified atom stereocenters. The van der Waals surface area contributed by atoms with Gasteiger partial charge in [0.25, 0.3) is 0 Å². The first-order valence-electron chi connectivity index (χ1n) is 9.90. The maximum atomic E-state index is 13.0. The number of nitrogens with one attached hydrogen (secondary N) is 1. The number of ether oxygens (including phenoxy) is 1. The second kappa shape index (κ2) is 10.1. The standard InChI is InChI=1S/C19H35ClN2O4S/c1-6-7-12-8-13(22(4)9-12)18(25)21-14(11(3)20)17-15(23)10(2)16(24)19(26-17)27-5/h10-17,19,23-24H,6-9H2,1-5H3,(H,21,25). The molecule has 0 spiro atoms. The minimum Gasteiger partial charge on any atom is -0.390 e. The number of thioether (sulfide) groups is 1. The van der Waals surface area contributed by atoms with Crippen LogP contribution < -0.4 is 5.32 Å². The van der Waals surface area contributed by atoms with Crippen molar-refractivity contribution in [3.05, 3.63) is 0 Å². The lowest BCUT2D eigenvalue weighted by molar-refractivity contribution is -0.177. The van der Waals surface area contributed by atoms with E-state index < -0.39 is 35.2 Å². The van der Waals surface area contributed by atoms with Crippen LogP contribution in [0.3, 0.4) is 0 Å². The third kappa shape index (κ3) is 5.31. The van der Waals surface area contributed by atoms with E-state index in [9.17, 15) is 15.0 Å². The first-order chi connectivity index (χ1) is 12.7. The lowest BCUT2D eigenvalue weighted by Gasteiger charge is -2.45. The molecule has 1 amide bonds. The summed E-state index contributed by atoms with van der Waals surface area (Å²) < 4.78 is 5.95. The first-order valence-corrected chi connectivity index (χ1v) is 11.6. The number of aliphatic hydroxyl groups excluding tert-OH is 2. The Labute approximate surface area is 172 Å². The summed E-state index contributed by atoms with van der Waals surface area (Å²) in [5.74, 6) is 0.109. The maximum Gasteiger partial charge on any atom is 0.237 e. The number of alkyl halides is 1. The average molecular weight is 423 g/mol. The minimum absolute atomic E-state index is 0.0659. The van der Waals surface area contributed by atoms with E-state index in [2.05, 4.69) is 17.1 Å². The molecular formula is C19H35ClN2O4S. The van der Waals surface area contributed by atoms with Gasteiger partial charge in [-0.2, -0.15) is 0 Å². The highest BCUT2D eigenvalue weighted by Crippen LogP contribution is 2.34. The molecule has 0 aromatic rings. The van der Waals surface area contributed by atoms with Gasteiger partial charge < -0.3 is 20.3 Å². The van der Waals surface area contributed by atoms with Crippen molar-refractivity contribution < 1.29 is 19.7 Å². The number of likely N-dealkylation sites (tertiary alicyclic amines) is 1. The zero-order valence-electron chi connectivity index (χ0n) is 17.0. The number of amides is 1. The van der Waals surface area contributed by atoms with Crippen molar-refractivity contribution in [1.82, 2.24) is 10.2 Å². The summed E-state index contributed by atoms with van der Waals surface area (Å²) in [5, 5.41) is 23.6. The Kier molecular flexibility index (Phi) is 8.71. The van der Waals surface area contributed by atoms with Gasteiger partial charge in [0.15, 0.2) is 0 Å². The van der Waals surface area contributed by atoms with Gasteiger partial charge >= 0.3 is 0 Å². The maximum absolute atomic E-state index is 13.0. The molecule has 2 rings (SSSR count). The van der Waals surface area contributed by atoms with Gasteiger partial charge in [-0.3, -0.25) is 9.69 Å². The predicted molar refractivity (Wildman–Crippen MR) is 110 cm³/mol. The number of halogens is 1. The number of carbonyl (C=O) groups excluding carboxylic acids is 1. The number of aliphatic hydroxyl groups is 2. The first kappa shape index (κ1) is 23.2. The zero-order chi connectivity index (χ0) is 20.3. The SMILES string of the molecule is CCCC1CC(C(=O)NC(C(C)Cl)C2OC(SC)C(O)C(C)C2O)N(C)C1. The number of carbonyl (C=O) groups is 1. The lowest BCUT2D eigenvalue weighted by atomic mass is 9.87. The summed E-state index contributed by atoms with van der Waals surface area (Å²) in [6.07, 6.45) is 2.62. The molecule has 2 saturated heterocycles. The van der Waals surface area contributed by atoms with Crippen LogP contribution in [0.1, 0.15) is 40.0 Å². The van der Waals surface area contributed by atoms with Gasteiger partial charge in [-0.1, -0.05) is 20.3 Å². The Morgan fingerprint density at radius 2 is 2.07 bits per heavy atom. The highest BCUT2D eigenvalue weighted by Gasteiger charge is 2.47. The van der Waals surface area contributed by atoms with E-state index in [1.807, 2.05) is 13.3 Å². The number of hydrogen-bond donors (Lipinski definition) is 3. The minimum atomic E-state index is -0.899. The molecule has 0 aromatic heterocycles. The summed E-state index contributed by atoms with van der Waals surface area (Å²) in [5.41, 5.74) is -0.452. The normalized spacial score (nSPS) is 39.9. The van der Waals surface area contributed by atoms with E-state index in [-0.39, 0.29) is 17.9 Å². The quantitative estimate of drug-likeness (QED) is 0.541. The average Bonchev–Trinajstić information content (AvgIpc) is 2.99. The van der Waals surface area contributed by atoms with Crippen molar-refractivity contribution >= 4 is 29.3 Å². The van der Waals surface area contributed by atoms with Crippen molar-refractivity contribution in [2.75, 3.05) is 19.8 Å². The molecule has 2 aliphatic rings. The smallest absolute Gasteiger partial charge is 0.237 e. The molecule has 0 radical (unpaired) electrons. The summed E-state index contributed by atoms with van der Waals surface area (Å²) >= 11 is 7.79. The number of hydrogen-bond acceptors (Lipinski definition) is 6. The molecular weight excluding hydrogens is 388 g/mol. The Morgan fingerprint density at radius 1 is 1.41 bits per heavy atom. The molecule has 9 atom stereocenters. The van der Waals surface area contributed by atoms with Crippen LogP contribution in [0, 0.1) is 11.8 Å². The monoisotopic (exact) mass is 422 g/mol. The summed E-state index contributed by atoms with van der Waals surface area (Å²) in [6, 6.07) is -0.711. The fourth-order valence-electron chi connectivity index (χ4n) is 4.31. The largest absolute Gasteiger partial charge is 0.390 e. The van der Waals surface area contributed by atoms with Crippen molar-refractivity contribution in [3.63, 3.8) is 0 Å². The van der Waals surface area contributed by atoms with Crippen LogP contribution >= 0.6 is 23.4 Å². The molecule has 6 nitrogen and oxygen atoms in total. The molecule has 8 heteroatoms. The van der Waals surface area contributed by atoms with Crippen LogP contribution in [0.4, 0.5) is 0 Å². The molecule has 3 N–H and O–H groups in total. The summed E-state index contributed by atoms with van der Waals surface area (Å²) in [4.78, 5) is 15.1. The third-order valence-electron chi connectivity index (χ3n) is 6.01. The fourth-order valence-corrected chi connectivity index (χ4v) is 5.28. The highest BCUT2D eigenvalue weighted by atomic mass is 35.5. The van der Waals surface area contributed by atoms with Gasteiger partial charge in [-0.15, -0.1) is 23.4 Å². The fraction of sp³-hybridized carbons (Fsp3) is 0.947. The molecule has 0 aliphatic carbocycles. The van der Waals surface area contributed by atoms with E-state index in [0.717, 1.165) is 25.8 Å². The van der Waals surface area contributed by atoms with Crippen molar-refractivity contribution in [2.45, 2.75) is 81.2 Å². The van der Waals surface area contributed by atoms with Gasteiger partial charge in [0.05, 0.1) is 29.7 Å². The van der Waals surface area contributed by atoms with Crippen LogP contribution in [0.2, 0.25) is 0 Å². The Morgan fingerprint density at radius 3 is 2.63 bits per heavy atom. The van der Waals surface area contributed by atoms with Crippen molar-refractivity contribution in [2.24, 2.45) is 11.8 Å². The Hall–Kier alpha value is -0.0500. The van der Waals surface area contributed by atoms with E-state index >= 15 is 0 Å². The van der Waals surface area contributed by atoms with Crippen LogP contribution in [-0.4, -0.2) is 82.1 Å². The predicted octanol–water partition coefficient (Wildman–Crippen LogP) is 1.66. The highest BCUT2D eigenvalue weighted by molar-refractivity contribution is 7.99. The van der Waals surface area contributed by atoms with Gasteiger partial charge in [0.2, 0.25) is 5.91 Å². The summed E-state index contributed by atoms with van der Waals surface area (Å²) in [7, 11) is 1.98. The zero-order valence-corrected chi connectivity index (χ0v) is 18.5. The molecule has 2 heterocycles. The molecule has 2 aliphatic heterocycles. The van der Waals surface area contributed by atoms with E-state index in [4.69, 9.17) is 16.3 Å². The summed E-state index contributed by atoms with van der Waals surface area (Å²) in [6.45, 7) is 6.68. The van der Waals surface area contributed by atoms with Crippen LogP contribution in [0.25, 0.3) is 0 Å². The van der Waals surface area contributed by atoms with Gasteiger partial charge in [0, 0.05) is 12.5 Å². The van der Waals surface area contributed by atoms with Gasteiger partial charge in [-0.25, -0.2) is 0 Å². The van der Waals surface area contributed by atoms with Crippen molar-refractivity contribution in [3.8, 4) is 0 Å².